The third kappa shape index (κ3) is 3.66. The van der Waals surface area contributed by atoms with E-state index in [1.807, 2.05) is 0 Å². The van der Waals surface area contributed by atoms with E-state index in [-0.39, 0.29) is 18.0 Å². The van der Waals surface area contributed by atoms with E-state index in [0.717, 1.165) is 5.56 Å². The Kier molecular flexibility index (Phi) is 5.09. The van der Waals surface area contributed by atoms with E-state index >= 15 is 0 Å². The molecule has 1 nitrogen and oxygen atoms in total. The summed E-state index contributed by atoms with van der Waals surface area (Å²) in [6, 6.07) is 2.67. The summed E-state index contributed by atoms with van der Waals surface area (Å²) >= 11 is 3.06. The Balaban J connectivity index is 0.00000196. The Labute approximate surface area is 100 Å². The van der Waals surface area contributed by atoms with Crippen LogP contribution in [0, 0.1) is 6.92 Å². The molecule has 1 rings (SSSR count). The Morgan fingerprint density at radius 2 is 1.87 bits per heavy atom. The number of nitrogens with two attached hydrogens (primary N) is 1. The number of alkyl halides is 3. The number of hydrogen-bond donors (Lipinski definition) is 1. The van der Waals surface area contributed by atoms with Gasteiger partial charge in [0.1, 0.15) is 6.04 Å². The number of rotatable bonds is 1. The van der Waals surface area contributed by atoms with E-state index in [2.05, 4.69) is 15.9 Å². The molecule has 0 aliphatic rings. The highest BCUT2D eigenvalue weighted by Crippen LogP contribution is 2.34. The van der Waals surface area contributed by atoms with Gasteiger partial charge in [0.2, 0.25) is 0 Å². The highest BCUT2D eigenvalue weighted by Gasteiger charge is 2.38. The van der Waals surface area contributed by atoms with E-state index in [1.54, 1.807) is 19.1 Å². The van der Waals surface area contributed by atoms with Crippen molar-refractivity contribution in [1.82, 2.24) is 0 Å². The van der Waals surface area contributed by atoms with Gasteiger partial charge in [0.15, 0.2) is 0 Å². The van der Waals surface area contributed by atoms with Gasteiger partial charge in [-0.25, -0.2) is 0 Å². The summed E-state index contributed by atoms with van der Waals surface area (Å²) < 4.78 is 37.2. The molecule has 86 valence electrons. The first kappa shape index (κ1) is 14.7. The monoisotopic (exact) mass is 303 g/mol. The van der Waals surface area contributed by atoms with Crippen molar-refractivity contribution < 1.29 is 13.2 Å². The third-order valence-corrected chi connectivity index (χ3v) is 2.53. The van der Waals surface area contributed by atoms with E-state index < -0.39 is 12.2 Å². The molecule has 1 atom stereocenters. The number of hydrogen-bond acceptors (Lipinski definition) is 1. The van der Waals surface area contributed by atoms with Crippen molar-refractivity contribution in [2.24, 2.45) is 5.73 Å². The van der Waals surface area contributed by atoms with Crippen molar-refractivity contribution in [1.29, 1.82) is 0 Å². The molecule has 1 aromatic carbocycles. The maximum atomic E-state index is 12.3. The van der Waals surface area contributed by atoms with Crippen LogP contribution >= 0.6 is 28.3 Å². The maximum absolute atomic E-state index is 12.3. The van der Waals surface area contributed by atoms with Crippen LogP contribution in [0.2, 0.25) is 0 Å². The summed E-state index contributed by atoms with van der Waals surface area (Å²) in [4.78, 5) is 0. The molecule has 0 aliphatic carbocycles. The number of benzene rings is 1. The fourth-order valence-electron chi connectivity index (χ4n) is 1.06. The first-order valence-electron chi connectivity index (χ1n) is 3.90. The molecular weight excluding hydrogens is 294 g/mol. The predicted octanol–water partition coefficient (Wildman–Crippen LogP) is 3.74. The van der Waals surface area contributed by atoms with Gasteiger partial charge in [-0.2, -0.15) is 13.2 Å². The second-order valence-corrected chi connectivity index (χ2v) is 3.90. The minimum absolute atomic E-state index is 0. The molecular formula is C9H10BrClF3N. The fourth-order valence-corrected chi connectivity index (χ4v) is 1.80. The average molecular weight is 305 g/mol. The quantitative estimate of drug-likeness (QED) is 0.840. The standard InChI is InChI=1S/C9H9BrF3N.ClH/c1-5-2-3-6(7(10)4-5)8(14)9(11,12)13;/h2-4,8H,14H2,1H3;1H/t8-;/m0./s1. The first-order valence-corrected chi connectivity index (χ1v) is 4.70. The number of aryl methyl sites for hydroxylation is 1. The van der Waals surface area contributed by atoms with Gasteiger partial charge in [0.05, 0.1) is 0 Å². The summed E-state index contributed by atoms with van der Waals surface area (Å²) in [5.74, 6) is 0. The van der Waals surface area contributed by atoms with Crippen LogP contribution in [0.1, 0.15) is 17.2 Å². The van der Waals surface area contributed by atoms with E-state index in [1.165, 1.54) is 6.07 Å². The molecule has 2 N–H and O–H groups in total. The lowest BCUT2D eigenvalue weighted by atomic mass is 10.1. The van der Waals surface area contributed by atoms with Gasteiger partial charge in [-0.15, -0.1) is 12.4 Å². The highest BCUT2D eigenvalue weighted by atomic mass is 79.9. The largest absolute Gasteiger partial charge is 0.407 e. The lowest BCUT2D eigenvalue weighted by Crippen LogP contribution is -2.28. The van der Waals surface area contributed by atoms with Crippen molar-refractivity contribution in [3.63, 3.8) is 0 Å². The molecule has 0 unspecified atom stereocenters. The molecule has 0 aliphatic heterocycles. The SMILES string of the molecule is Cc1ccc([C@H](N)C(F)(F)F)c(Br)c1.Cl. The molecule has 6 heteroatoms. The van der Waals surface area contributed by atoms with Gasteiger partial charge < -0.3 is 5.73 Å². The minimum atomic E-state index is -4.40. The van der Waals surface area contributed by atoms with Crippen molar-refractivity contribution >= 4 is 28.3 Å². The van der Waals surface area contributed by atoms with Crippen LogP contribution < -0.4 is 5.73 Å². The molecule has 0 aromatic heterocycles. The molecule has 15 heavy (non-hydrogen) atoms. The maximum Gasteiger partial charge on any atom is 0.407 e. The molecule has 0 heterocycles. The zero-order chi connectivity index (χ0) is 10.9. The van der Waals surface area contributed by atoms with Gasteiger partial charge in [0.25, 0.3) is 0 Å². The Hall–Kier alpha value is -0.260. The summed E-state index contributed by atoms with van der Waals surface area (Å²) in [5.41, 5.74) is 6.01. The Morgan fingerprint density at radius 3 is 2.27 bits per heavy atom. The summed E-state index contributed by atoms with van der Waals surface area (Å²) in [7, 11) is 0. The Bertz CT molecular complexity index is 341. The zero-order valence-electron chi connectivity index (χ0n) is 7.81. The first-order chi connectivity index (χ1) is 6.32. The fraction of sp³-hybridized carbons (Fsp3) is 0.333. The van der Waals surface area contributed by atoms with E-state index in [0.29, 0.717) is 4.47 Å². The predicted molar refractivity (Wildman–Crippen MR) is 59.1 cm³/mol. The lowest BCUT2D eigenvalue weighted by Gasteiger charge is -2.17. The highest BCUT2D eigenvalue weighted by molar-refractivity contribution is 9.10. The molecule has 0 spiro atoms. The summed E-state index contributed by atoms with van der Waals surface area (Å²) in [6.07, 6.45) is -4.40. The molecule has 0 fully saturated rings. The topological polar surface area (TPSA) is 26.0 Å². The molecule has 1 aromatic rings. The third-order valence-electron chi connectivity index (χ3n) is 1.84. The molecule has 0 bridgehead atoms. The van der Waals surface area contributed by atoms with Crippen molar-refractivity contribution in [3.05, 3.63) is 33.8 Å². The second-order valence-electron chi connectivity index (χ2n) is 3.04. The number of halogens is 5. The van der Waals surface area contributed by atoms with Crippen LogP contribution in [0.3, 0.4) is 0 Å². The van der Waals surface area contributed by atoms with E-state index in [9.17, 15) is 13.2 Å². The van der Waals surface area contributed by atoms with Crippen LogP contribution in [0.4, 0.5) is 13.2 Å². The Morgan fingerprint density at radius 1 is 1.33 bits per heavy atom. The van der Waals surface area contributed by atoms with Gasteiger partial charge in [0, 0.05) is 4.47 Å². The van der Waals surface area contributed by atoms with Crippen molar-refractivity contribution in [2.75, 3.05) is 0 Å². The lowest BCUT2D eigenvalue weighted by molar-refractivity contribution is -0.149. The zero-order valence-corrected chi connectivity index (χ0v) is 10.2. The molecule has 0 saturated heterocycles. The van der Waals surface area contributed by atoms with Crippen molar-refractivity contribution in [2.45, 2.75) is 19.1 Å². The van der Waals surface area contributed by atoms with Crippen LogP contribution in [0.15, 0.2) is 22.7 Å². The molecule has 0 saturated carbocycles. The van der Waals surface area contributed by atoms with Crippen LogP contribution in [0.25, 0.3) is 0 Å². The van der Waals surface area contributed by atoms with Crippen molar-refractivity contribution in [3.8, 4) is 0 Å². The van der Waals surface area contributed by atoms with Gasteiger partial charge >= 0.3 is 6.18 Å². The minimum Gasteiger partial charge on any atom is -0.316 e. The second kappa shape index (κ2) is 5.18. The van der Waals surface area contributed by atoms with Gasteiger partial charge in [-0.05, 0) is 24.1 Å². The van der Waals surface area contributed by atoms with Gasteiger partial charge in [-0.3, -0.25) is 0 Å². The van der Waals surface area contributed by atoms with Gasteiger partial charge in [-0.1, -0.05) is 28.1 Å². The van der Waals surface area contributed by atoms with E-state index in [4.69, 9.17) is 5.73 Å². The summed E-state index contributed by atoms with van der Waals surface area (Å²) in [6.45, 7) is 1.80. The molecule has 0 radical (unpaired) electrons. The summed E-state index contributed by atoms with van der Waals surface area (Å²) in [5, 5.41) is 0. The smallest absolute Gasteiger partial charge is 0.316 e. The van der Waals surface area contributed by atoms with Crippen LogP contribution in [0.5, 0.6) is 0 Å². The normalized spacial score (nSPS) is 13.2. The average Bonchev–Trinajstić information content (AvgIpc) is 2.01. The van der Waals surface area contributed by atoms with Crippen LogP contribution in [-0.4, -0.2) is 6.18 Å². The molecule has 0 amide bonds. The van der Waals surface area contributed by atoms with Crippen LogP contribution in [-0.2, 0) is 0 Å².